The van der Waals surface area contributed by atoms with E-state index >= 15 is 0 Å². The van der Waals surface area contributed by atoms with Crippen LogP contribution in [0.3, 0.4) is 0 Å². The zero-order valence-electron chi connectivity index (χ0n) is 13.0. The molecule has 0 spiro atoms. The van der Waals surface area contributed by atoms with Gasteiger partial charge in [0.2, 0.25) is 0 Å². The quantitative estimate of drug-likeness (QED) is 0.813. The lowest BCUT2D eigenvalue weighted by Crippen LogP contribution is -2.39. The Hall–Kier alpha value is -2.37. The number of aryl methyl sites for hydroxylation is 2. The van der Waals surface area contributed by atoms with Gasteiger partial charge in [0.25, 0.3) is 5.91 Å². The minimum Gasteiger partial charge on any atom is -0.453 e. The van der Waals surface area contributed by atoms with Crippen LogP contribution in [0.5, 0.6) is 0 Å². The third-order valence-corrected chi connectivity index (χ3v) is 3.14. The molecule has 0 heterocycles. The van der Waals surface area contributed by atoms with Gasteiger partial charge in [-0.15, -0.1) is 0 Å². The van der Waals surface area contributed by atoms with Crippen molar-refractivity contribution in [1.82, 2.24) is 5.32 Å². The van der Waals surface area contributed by atoms with Crippen LogP contribution in [0, 0.1) is 0 Å². The Morgan fingerprint density at radius 2 is 1.73 bits per heavy atom. The number of nitrogens with one attached hydrogen (secondary N) is 1. The second-order valence-corrected chi connectivity index (χ2v) is 4.78. The van der Waals surface area contributed by atoms with Crippen molar-refractivity contribution < 1.29 is 23.9 Å². The first kappa shape index (κ1) is 17.7. The number of alkyl carbamates (subject to hydrolysis) is 1. The highest BCUT2D eigenvalue weighted by molar-refractivity contribution is 5.94. The third-order valence-electron chi connectivity index (χ3n) is 3.14. The van der Waals surface area contributed by atoms with Crippen LogP contribution in [0.4, 0.5) is 4.79 Å². The summed E-state index contributed by atoms with van der Waals surface area (Å²) in [6, 6.07) is 7.99. The molecule has 0 fully saturated rings. The van der Waals surface area contributed by atoms with Crippen LogP contribution in [0.25, 0.3) is 0 Å². The van der Waals surface area contributed by atoms with E-state index in [9.17, 15) is 14.4 Å². The average molecular weight is 307 g/mol. The summed E-state index contributed by atoms with van der Waals surface area (Å²) in [5, 5.41) is 1.94. The minimum atomic E-state index is -1.05. The number of esters is 1. The normalized spacial score (nSPS) is 11.4. The number of benzene rings is 1. The smallest absolute Gasteiger partial charge is 0.413 e. The zero-order valence-corrected chi connectivity index (χ0v) is 13.0. The van der Waals surface area contributed by atoms with Crippen LogP contribution in [0.15, 0.2) is 24.3 Å². The molecular weight excluding hydrogens is 286 g/mol. The van der Waals surface area contributed by atoms with Crippen LogP contribution in [0.2, 0.25) is 0 Å². The molecule has 22 heavy (non-hydrogen) atoms. The Balaban J connectivity index is 2.38. The number of carbonyl (C=O) groups is 3. The molecule has 6 nitrogen and oxygen atoms in total. The molecule has 0 bridgehead atoms. The average Bonchev–Trinajstić information content (AvgIpc) is 2.53. The molecule has 1 atom stereocenters. The molecule has 2 amide bonds. The number of ether oxygens (including phenoxy) is 2. The van der Waals surface area contributed by atoms with Gasteiger partial charge in [-0.3, -0.25) is 14.9 Å². The van der Waals surface area contributed by atoms with Gasteiger partial charge in [0, 0.05) is 6.42 Å². The number of amides is 2. The van der Waals surface area contributed by atoms with Gasteiger partial charge in [-0.25, -0.2) is 4.79 Å². The molecule has 1 aromatic carbocycles. The number of imide groups is 1. The van der Waals surface area contributed by atoms with Crippen molar-refractivity contribution in [3.05, 3.63) is 35.4 Å². The first-order chi connectivity index (χ1) is 10.5. The van der Waals surface area contributed by atoms with Gasteiger partial charge in [0.1, 0.15) is 0 Å². The van der Waals surface area contributed by atoms with Crippen LogP contribution in [-0.4, -0.2) is 31.2 Å². The lowest BCUT2D eigenvalue weighted by atomic mass is 10.1. The molecule has 0 saturated heterocycles. The summed E-state index contributed by atoms with van der Waals surface area (Å²) in [7, 11) is 1.14. The number of hydrogen-bond acceptors (Lipinski definition) is 5. The predicted octanol–water partition coefficient (Wildman–Crippen LogP) is 2.00. The second kappa shape index (κ2) is 8.81. The van der Waals surface area contributed by atoms with Crippen molar-refractivity contribution in [1.29, 1.82) is 0 Å². The topological polar surface area (TPSA) is 81.7 Å². The number of methoxy groups -OCH3 is 1. The summed E-state index contributed by atoms with van der Waals surface area (Å²) >= 11 is 0. The zero-order chi connectivity index (χ0) is 16.5. The van der Waals surface area contributed by atoms with Crippen molar-refractivity contribution in [3.63, 3.8) is 0 Å². The molecule has 0 aliphatic rings. The van der Waals surface area contributed by atoms with E-state index in [4.69, 9.17) is 4.74 Å². The van der Waals surface area contributed by atoms with E-state index in [-0.39, 0.29) is 6.42 Å². The monoisotopic (exact) mass is 307 g/mol. The lowest BCUT2D eigenvalue weighted by Gasteiger charge is -2.12. The van der Waals surface area contributed by atoms with Gasteiger partial charge >= 0.3 is 12.1 Å². The third kappa shape index (κ3) is 5.95. The van der Waals surface area contributed by atoms with E-state index in [1.54, 1.807) is 0 Å². The fourth-order valence-electron chi connectivity index (χ4n) is 1.75. The van der Waals surface area contributed by atoms with Gasteiger partial charge in [-0.05, 0) is 30.9 Å². The summed E-state index contributed by atoms with van der Waals surface area (Å²) in [4.78, 5) is 34.1. The van der Waals surface area contributed by atoms with Crippen molar-refractivity contribution in [2.75, 3.05) is 7.11 Å². The molecule has 1 N–H and O–H groups in total. The molecule has 120 valence electrons. The van der Waals surface area contributed by atoms with Crippen LogP contribution in [-0.2, 0) is 31.9 Å². The maximum atomic E-state index is 11.7. The second-order valence-electron chi connectivity index (χ2n) is 4.78. The molecule has 0 aliphatic carbocycles. The first-order valence-corrected chi connectivity index (χ1v) is 7.12. The molecule has 0 aliphatic heterocycles. The fourth-order valence-corrected chi connectivity index (χ4v) is 1.75. The predicted molar refractivity (Wildman–Crippen MR) is 80.2 cm³/mol. The van der Waals surface area contributed by atoms with E-state index in [1.807, 2.05) is 29.6 Å². The van der Waals surface area contributed by atoms with Gasteiger partial charge in [0.05, 0.1) is 7.11 Å². The summed E-state index contributed by atoms with van der Waals surface area (Å²) < 4.78 is 9.25. The van der Waals surface area contributed by atoms with Gasteiger partial charge in [0.15, 0.2) is 6.10 Å². The molecule has 0 aromatic heterocycles. The van der Waals surface area contributed by atoms with Gasteiger partial charge in [-0.1, -0.05) is 31.2 Å². The maximum absolute atomic E-state index is 11.7. The molecule has 1 rings (SSSR count). The Morgan fingerprint density at radius 3 is 2.27 bits per heavy atom. The van der Waals surface area contributed by atoms with Crippen molar-refractivity contribution in [3.8, 4) is 0 Å². The summed E-state index contributed by atoms with van der Waals surface area (Å²) in [6.45, 7) is 3.47. The Labute approximate surface area is 129 Å². The van der Waals surface area contributed by atoms with Crippen LogP contribution < -0.4 is 5.32 Å². The Kier molecular flexibility index (Phi) is 7.08. The standard InChI is InChI=1S/C16H21NO5/c1-4-12-5-7-13(8-6-12)9-10-14(18)22-11(2)15(19)17-16(20)21-3/h5-8,11H,4,9-10H2,1-3H3,(H,17,19,20)/t11-/m1/s1. The summed E-state index contributed by atoms with van der Waals surface area (Å²) in [6.07, 6.45) is -0.261. The van der Waals surface area contributed by atoms with Gasteiger partial charge in [-0.2, -0.15) is 0 Å². The maximum Gasteiger partial charge on any atom is 0.413 e. The van der Waals surface area contributed by atoms with Crippen molar-refractivity contribution >= 4 is 18.0 Å². The SMILES string of the molecule is CCc1ccc(CCC(=O)O[C@H](C)C(=O)NC(=O)OC)cc1. The Bertz CT molecular complexity index is 524. The summed E-state index contributed by atoms with van der Waals surface area (Å²) in [5.41, 5.74) is 2.26. The number of rotatable bonds is 6. The van der Waals surface area contributed by atoms with E-state index in [0.29, 0.717) is 6.42 Å². The number of carbonyl (C=O) groups excluding carboxylic acids is 3. The first-order valence-electron chi connectivity index (χ1n) is 7.12. The molecular formula is C16H21NO5. The molecule has 0 unspecified atom stereocenters. The molecule has 6 heteroatoms. The minimum absolute atomic E-state index is 0.168. The fraction of sp³-hybridized carbons (Fsp3) is 0.438. The van der Waals surface area contributed by atoms with E-state index < -0.39 is 24.1 Å². The molecule has 0 saturated carbocycles. The highest BCUT2D eigenvalue weighted by atomic mass is 16.6. The number of hydrogen-bond donors (Lipinski definition) is 1. The van der Waals surface area contributed by atoms with Gasteiger partial charge < -0.3 is 9.47 Å². The summed E-state index contributed by atoms with van der Waals surface area (Å²) in [5.74, 6) is -1.21. The van der Waals surface area contributed by atoms with Crippen molar-refractivity contribution in [2.45, 2.75) is 39.2 Å². The highest BCUT2D eigenvalue weighted by Crippen LogP contribution is 2.08. The van der Waals surface area contributed by atoms with Crippen LogP contribution >= 0.6 is 0 Å². The van der Waals surface area contributed by atoms with E-state index in [0.717, 1.165) is 19.1 Å². The highest BCUT2D eigenvalue weighted by Gasteiger charge is 2.19. The van der Waals surface area contributed by atoms with E-state index in [1.165, 1.54) is 12.5 Å². The Morgan fingerprint density at radius 1 is 1.14 bits per heavy atom. The largest absolute Gasteiger partial charge is 0.453 e. The van der Waals surface area contributed by atoms with Crippen molar-refractivity contribution in [2.24, 2.45) is 0 Å². The van der Waals surface area contributed by atoms with E-state index in [2.05, 4.69) is 11.7 Å². The molecule has 0 radical (unpaired) electrons. The van der Waals surface area contributed by atoms with Crippen LogP contribution in [0.1, 0.15) is 31.4 Å². The molecule has 1 aromatic rings. The lowest BCUT2D eigenvalue weighted by molar-refractivity contribution is -0.154.